The summed E-state index contributed by atoms with van der Waals surface area (Å²) < 4.78 is 5.77. The quantitative estimate of drug-likeness (QED) is 0.616. The van der Waals surface area contributed by atoms with Crippen LogP contribution in [0.5, 0.6) is 5.75 Å². The van der Waals surface area contributed by atoms with E-state index in [1.54, 1.807) is 12.4 Å². The number of rotatable bonds is 8. The Morgan fingerprint density at radius 1 is 1.00 bits per heavy atom. The molecule has 29 heavy (non-hydrogen) atoms. The second-order valence-corrected chi connectivity index (χ2v) is 7.44. The number of hydrogen-bond acceptors (Lipinski definition) is 6. The van der Waals surface area contributed by atoms with Crippen LogP contribution in [0.25, 0.3) is 0 Å². The van der Waals surface area contributed by atoms with E-state index in [2.05, 4.69) is 20.2 Å². The van der Waals surface area contributed by atoms with Crippen molar-refractivity contribution in [2.45, 2.75) is 25.2 Å². The summed E-state index contributed by atoms with van der Waals surface area (Å²) in [7, 11) is 0. The first-order valence-corrected chi connectivity index (χ1v) is 9.91. The number of nitrogens with one attached hydrogen (secondary N) is 1. The third kappa shape index (κ3) is 5.31. The molecule has 0 aliphatic carbocycles. The summed E-state index contributed by atoms with van der Waals surface area (Å²) in [5.41, 5.74) is 1.32. The van der Waals surface area contributed by atoms with Crippen molar-refractivity contribution in [1.82, 2.24) is 15.3 Å². The standard InChI is InChI=1S/C23H26N4O2/c28-23(11-14-27(18-23)22-6-2-4-13-26-22)17-24-15-19-7-9-21(10-8-19)29-16-20-5-1-3-12-25-20/h1-10,12-13,24,28H,11,14-18H2/t23-/m1/s1. The molecule has 0 radical (unpaired) electrons. The first-order chi connectivity index (χ1) is 14.2. The Morgan fingerprint density at radius 3 is 2.52 bits per heavy atom. The average molecular weight is 390 g/mol. The van der Waals surface area contributed by atoms with Crippen LogP contribution < -0.4 is 15.0 Å². The minimum atomic E-state index is -0.733. The highest BCUT2D eigenvalue weighted by Crippen LogP contribution is 2.25. The minimum absolute atomic E-state index is 0.457. The van der Waals surface area contributed by atoms with Gasteiger partial charge in [-0.2, -0.15) is 0 Å². The van der Waals surface area contributed by atoms with Crippen molar-refractivity contribution < 1.29 is 9.84 Å². The van der Waals surface area contributed by atoms with E-state index < -0.39 is 5.60 Å². The van der Waals surface area contributed by atoms with Gasteiger partial charge in [0.25, 0.3) is 0 Å². The molecule has 3 heterocycles. The molecule has 2 aromatic heterocycles. The molecule has 0 amide bonds. The van der Waals surface area contributed by atoms with Gasteiger partial charge < -0.3 is 20.1 Å². The molecular formula is C23H26N4O2. The largest absolute Gasteiger partial charge is 0.487 e. The summed E-state index contributed by atoms with van der Waals surface area (Å²) >= 11 is 0. The number of hydrogen-bond donors (Lipinski definition) is 2. The molecule has 1 aromatic carbocycles. The molecule has 6 nitrogen and oxygen atoms in total. The van der Waals surface area contributed by atoms with E-state index in [-0.39, 0.29) is 0 Å². The molecule has 1 fully saturated rings. The number of aliphatic hydroxyl groups is 1. The molecule has 2 N–H and O–H groups in total. The van der Waals surface area contributed by atoms with Crippen molar-refractivity contribution in [2.24, 2.45) is 0 Å². The smallest absolute Gasteiger partial charge is 0.130 e. The first kappa shape index (κ1) is 19.4. The Hall–Kier alpha value is -2.96. The maximum Gasteiger partial charge on any atom is 0.130 e. The zero-order chi connectivity index (χ0) is 19.9. The van der Waals surface area contributed by atoms with Crippen LogP contribution in [-0.2, 0) is 13.2 Å². The first-order valence-electron chi connectivity index (χ1n) is 9.91. The predicted molar refractivity (Wildman–Crippen MR) is 113 cm³/mol. The van der Waals surface area contributed by atoms with Crippen LogP contribution in [0.3, 0.4) is 0 Å². The molecule has 0 bridgehead atoms. The maximum absolute atomic E-state index is 10.9. The van der Waals surface area contributed by atoms with E-state index in [9.17, 15) is 5.11 Å². The average Bonchev–Trinajstić information content (AvgIpc) is 3.17. The molecule has 1 aliphatic rings. The van der Waals surface area contributed by atoms with E-state index in [0.717, 1.165) is 35.8 Å². The lowest BCUT2D eigenvalue weighted by Gasteiger charge is -2.24. The van der Waals surface area contributed by atoms with Crippen molar-refractivity contribution in [3.05, 3.63) is 84.3 Å². The summed E-state index contributed by atoms with van der Waals surface area (Å²) in [6.07, 6.45) is 4.28. The zero-order valence-corrected chi connectivity index (χ0v) is 16.4. The molecule has 0 saturated carbocycles. The van der Waals surface area contributed by atoms with Gasteiger partial charge in [0.15, 0.2) is 0 Å². The molecule has 6 heteroatoms. The van der Waals surface area contributed by atoms with Crippen LogP contribution in [0.1, 0.15) is 17.7 Å². The van der Waals surface area contributed by atoms with Crippen molar-refractivity contribution in [2.75, 3.05) is 24.5 Å². The van der Waals surface area contributed by atoms with Gasteiger partial charge in [0, 0.05) is 38.6 Å². The van der Waals surface area contributed by atoms with E-state index in [1.807, 2.05) is 60.7 Å². The Balaban J connectivity index is 1.22. The number of benzene rings is 1. The lowest BCUT2D eigenvalue weighted by molar-refractivity contribution is 0.0626. The number of nitrogens with zero attached hydrogens (tertiary/aromatic N) is 3. The SMILES string of the molecule is O[C@@]1(CNCc2ccc(OCc3ccccn3)cc2)CCN(c2ccccn2)C1. The lowest BCUT2D eigenvalue weighted by atomic mass is 10.0. The van der Waals surface area contributed by atoms with Crippen LogP contribution in [0, 0.1) is 0 Å². The number of pyridine rings is 2. The van der Waals surface area contributed by atoms with Gasteiger partial charge in [0.1, 0.15) is 18.2 Å². The Kier molecular flexibility index (Phi) is 6.03. The highest BCUT2D eigenvalue weighted by molar-refractivity contribution is 5.40. The Morgan fingerprint density at radius 2 is 1.79 bits per heavy atom. The van der Waals surface area contributed by atoms with Crippen LogP contribution in [0.4, 0.5) is 5.82 Å². The number of ether oxygens (including phenoxy) is 1. The molecule has 1 saturated heterocycles. The molecular weight excluding hydrogens is 364 g/mol. The summed E-state index contributed by atoms with van der Waals surface area (Å²) in [5, 5.41) is 14.3. The van der Waals surface area contributed by atoms with Gasteiger partial charge in [-0.3, -0.25) is 4.98 Å². The number of anilines is 1. The van der Waals surface area contributed by atoms with Crippen molar-refractivity contribution in [3.8, 4) is 5.75 Å². The summed E-state index contributed by atoms with van der Waals surface area (Å²) in [5.74, 6) is 1.74. The van der Waals surface area contributed by atoms with E-state index in [0.29, 0.717) is 26.2 Å². The normalized spacial score (nSPS) is 18.7. The van der Waals surface area contributed by atoms with Crippen LogP contribution >= 0.6 is 0 Å². The van der Waals surface area contributed by atoms with Gasteiger partial charge in [-0.25, -0.2) is 4.98 Å². The Bertz CT molecular complexity index is 890. The van der Waals surface area contributed by atoms with Crippen LogP contribution in [-0.4, -0.2) is 40.3 Å². The second kappa shape index (κ2) is 9.03. The fourth-order valence-corrected chi connectivity index (χ4v) is 3.52. The van der Waals surface area contributed by atoms with Gasteiger partial charge >= 0.3 is 0 Å². The highest BCUT2D eigenvalue weighted by Gasteiger charge is 2.36. The third-order valence-corrected chi connectivity index (χ3v) is 5.12. The highest BCUT2D eigenvalue weighted by atomic mass is 16.5. The summed E-state index contributed by atoms with van der Waals surface area (Å²) in [6.45, 7) is 3.12. The summed E-state index contributed by atoms with van der Waals surface area (Å²) in [4.78, 5) is 10.8. The third-order valence-electron chi connectivity index (χ3n) is 5.12. The van der Waals surface area contributed by atoms with Crippen molar-refractivity contribution in [3.63, 3.8) is 0 Å². The molecule has 4 rings (SSSR count). The lowest BCUT2D eigenvalue weighted by Crippen LogP contribution is -2.43. The van der Waals surface area contributed by atoms with Gasteiger partial charge in [0.05, 0.1) is 11.3 Å². The molecule has 1 aliphatic heterocycles. The van der Waals surface area contributed by atoms with Crippen molar-refractivity contribution in [1.29, 1.82) is 0 Å². The fraction of sp³-hybridized carbons (Fsp3) is 0.304. The number of β-amino-alcohol motifs (C(OH)–C–C–N with tert-alkyl or cyclic N) is 1. The molecule has 3 aromatic rings. The van der Waals surface area contributed by atoms with Gasteiger partial charge in [-0.05, 0) is 48.4 Å². The van der Waals surface area contributed by atoms with Crippen LogP contribution in [0.15, 0.2) is 73.1 Å². The zero-order valence-electron chi connectivity index (χ0n) is 16.4. The van der Waals surface area contributed by atoms with E-state index in [4.69, 9.17) is 4.74 Å². The Labute approximate surface area is 171 Å². The second-order valence-electron chi connectivity index (χ2n) is 7.44. The molecule has 1 atom stereocenters. The topological polar surface area (TPSA) is 70.5 Å². The maximum atomic E-state index is 10.9. The van der Waals surface area contributed by atoms with Gasteiger partial charge in [-0.15, -0.1) is 0 Å². The van der Waals surface area contributed by atoms with Gasteiger partial charge in [-0.1, -0.05) is 24.3 Å². The fourth-order valence-electron chi connectivity index (χ4n) is 3.52. The minimum Gasteiger partial charge on any atom is -0.487 e. The van der Waals surface area contributed by atoms with Gasteiger partial charge in [0.2, 0.25) is 0 Å². The van der Waals surface area contributed by atoms with Crippen LogP contribution in [0.2, 0.25) is 0 Å². The monoisotopic (exact) mass is 390 g/mol. The number of aromatic nitrogens is 2. The van der Waals surface area contributed by atoms with E-state index in [1.165, 1.54) is 0 Å². The molecule has 0 spiro atoms. The molecule has 150 valence electrons. The van der Waals surface area contributed by atoms with E-state index >= 15 is 0 Å². The predicted octanol–water partition coefficient (Wildman–Crippen LogP) is 2.79. The summed E-state index contributed by atoms with van der Waals surface area (Å²) in [6, 6.07) is 19.7. The molecule has 0 unspecified atom stereocenters. The van der Waals surface area contributed by atoms with Crippen molar-refractivity contribution >= 4 is 5.82 Å².